The Kier molecular flexibility index (Phi) is 5.86. The monoisotopic (exact) mass is 276 g/mol. The highest BCUT2D eigenvalue weighted by molar-refractivity contribution is 5.35. The van der Waals surface area contributed by atoms with Gasteiger partial charge in [0.2, 0.25) is 0 Å². The fourth-order valence-electron chi connectivity index (χ4n) is 2.93. The number of likely N-dealkylation sites (tertiary alicyclic amines) is 1. The third-order valence-corrected chi connectivity index (χ3v) is 4.25. The minimum atomic E-state index is 0.334. The van der Waals surface area contributed by atoms with E-state index in [4.69, 9.17) is 4.74 Å². The summed E-state index contributed by atoms with van der Waals surface area (Å²) in [6.07, 6.45) is 3.90. The highest BCUT2D eigenvalue weighted by atomic mass is 16.5. The van der Waals surface area contributed by atoms with Crippen molar-refractivity contribution in [3.05, 3.63) is 29.8 Å². The molecule has 3 nitrogen and oxygen atoms in total. The molecule has 1 saturated heterocycles. The summed E-state index contributed by atoms with van der Waals surface area (Å²) in [6, 6.07) is 9.29. The summed E-state index contributed by atoms with van der Waals surface area (Å²) in [4.78, 5) is 2.43. The molecule has 112 valence electrons. The lowest BCUT2D eigenvalue weighted by Crippen LogP contribution is -2.40. The van der Waals surface area contributed by atoms with Gasteiger partial charge in [-0.3, -0.25) is 0 Å². The van der Waals surface area contributed by atoms with Crippen LogP contribution in [-0.2, 0) is 0 Å². The maximum Gasteiger partial charge on any atom is 0.124 e. The molecule has 0 radical (unpaired) electrons. The van der Waals surface area contributed by atoms with Crippen molar-refractivity contribution in [1.82, 2.24) is 10.2 Å². The molecule has 0 spiro atoms. The smallest absolute Gasteiger partial charge is 0.124 e. The lowest BCUT2D eigenvalue weighted by Gasteiger charge is -2.32. The van der Waals surface area contributed by atoms with Crippen LogP contribution in [0.4, 0.5) is 0 Å². The van der Waals surface area contributed by atoms with Crippen LogP contribution >= 0.6 is 0 Å². The van der Waals surface area contributed by atoms with Crippen molar-refractivity contribution in [2.45, 2.75) is 45.2 Å². The second-order valence-electron chi connectivity index (χ2n) is 5.76. The number of piperidine rings is 1. The molecule has 20 heavy (non-hydrogen) atoms. The van der Waals surface area contributed by atoms with Crippen LogP contribution in [0, 0.1) is 0 Å². The summed E-state index contributed by atoms with van der Waals surface area (Å²) in [5.41, 5.74) is 1.26. The van der Waals surface area contributed by atoms with Gasteiger partial charge in [-0.25, -0.2) is 0 Å². The van der Waals surface area contributed by atoms with Crippen LogP contribution in [0.1, 0.15) is 44.7 Å². The predicted molar refractivity (Wildman–Crippen MR) is 84.3 cm³/mol. The van der Waals surface area contributed by atoms with Gasteiger partial charge in [0.25, 0.3) is 0 Å². The summed E-state index contributed by atoms with van der Waals surface area (Å²) >= 11 is 0. The quantitative estimate of drug-likeness (QED) is 0.863. The fraction of sp³-hybridized carbons (Fsp3) is 0.647. The van der Waals surface area contributed by atoms with Crippen molar-refractivity contribution in [2.75, 3.05) is 26.7 Å². The zero-order valence-corrected chi connectivity index (χ0v) is 13.1. The van der Waals surface area contributed by atoms with E-state index in [0.717, 1.165) is 18.9 Å². The van der Waals surface area contributed by atoms with Crippen LogP contribution in [0.25, 0.3) is 0 Å². The molecule has 1 aromatic rings. The van der Waals surface area contributed by atoms with E-state index < -0.39 is 0 Å². The summed E-state index contributed by atoms with van der Waals surface area (Å²) < 4.78 is 6.13. The molecule has 2 unspecified atom stereocenters. The van der Waals surface area contributed by atoms with Gasteiger partial charge in [-0.15, -0.1) is 0 Å². The third-order valence-electron chi connectivity index (χ3n) is 4.25. The van der Waals surface area contributed by atoms with Crippen LogP contribution in [0.3, 0.4) is 0 Å². The number of hydrogen-bond acceptors (Lipinski definition) is 3. The number of rotatable bonds is 6. The lowest BCUT2D eigenvalue weighted by molar-refractivity contribution is 0.124. The molecule has 1 aromatic carbocycles. The molecule has 1 heterocycles. The first kappa shape index (κ1) is 15.3. The Morgan fingerprint density at radius 1 is 1.35 bits per heavy atom. The minimum absolute atomic E-state index is 0.334. The average Bonchev–Trinajstić information content (AvgIpc) is 2.47. The van der Waals surface area contributed by atoms with Crippen LogP contribution in [0.15, 0.2) is 24.3 Å². The zero-order chi connectivity index (χ0) is 14.4. The topological polar surface area (TPSA) is 24.5 Å². The SMILES string of the molecule is CCNC(C)c1ccccc1OCC1CCCCN1C. The molecule has 2 rings (SSSR count). The Hall–Kier alpha value is -1.06. The number of hydrogen-bond donors (Lipinski definition) is 1. The zero-order valence-electron chi connectivity index (χ0n) is 13.1. The molecule has 3 heteroatoms. The van der Waals surface area contributed by atoms with E-state index in [9.17, 15) is 0 Å². The van der Waals surface area contributed by atoms with Gasteiger partial charge in [-0.05, 0) is 46.0 Å². The molecule has 0 saturated carbocycles. The van der Waals surface area contributed by atoms with E-state index in [-0.39, 0.29) is 0 Å². The lowest BCUT2D eigenvalue weighted by atomic mass is 10.0. The minimum Gasteiger partial charge on any atom is -0.492 e. The van der Waals surface area contributed by atoms with E-state index in [0.29, 0.717) is 12.1 Å². The summed E-state index contributed by atoms with van der Waals surface area (Å²) in [5.74, 6) is 1.03. The Morgan fingerprint density at radius 2 is 2.15 bits per heavy atom. The molecular formula is C17H28N2O. The van der Waals surface area contributed by atoms with Crippen molar-refractivity contribution in [2.24, 2.45) is 0 Å². The normalized spacial score (nSPS) is 21.6. The van der Waals surface area contributed by atoms with E-state index in [1.807, 2.05) is 0 Å². The van der Waals surface area contributed by atoms with Gasteiger partial charge in [0.1, 0.15) is 12.4 Å². The van der Waals surface area contributed by atoms with Gasteiger partial charge >= 0.3 is 0 Å². The van der Waals surface area contributed by atoms with Crippen LogP contribution in [0.2, 0.25) is 0 Å². The Labute approximate surface area is 123 Å². The Morgan fingerprint density at radius 3 is 2.90 bits per heavy atom. The highest BCUT2D eigenvalue weighted by Gasteiger charge is 2.20. The summed E-state index contributed by atoms with van der Waals surface area (Å²) in [5, 5.41) is 3.46. The first-order valence-electron chi connectivity index (χ1n) is 7.87. The molecule has 0 aromatic heterocycles. The second-order valence-corrected chi connectivity index (χ2v) is 5.76. The molecular weight excluding hydrogens is 248 g/mol. The highest BCUT2D eigenvalue weighted by Crippen LogP contribution is 2.25. The molecule has 1 aliphatic rings. The Balaban J connectivity index is 1.98. The number of benzene rings is 1. The predicted octanol–water partition coefficient (Wildman–Crippen LogP) is 3.22. The maximum absolute atomic E-state index is 6.13. The van der Waals surface area contributed by atoms with Crippen LogP contribution < -0.4 is 10.1 Å². The standard InChI is InChI=1S/C17H28N2O/c1-4-18-14(2)16-10-5-6-11-17(16)20-13-15-9-7-8-12-19(15)3/h5-6,10-11,14-15,18H,4,7-9,12-13H2,1-3H3. The number of ether oxygens (including phenoxy) is 1. The molecule has 0 aliphatic carbocycles. The first-order chi connectivity index (χ1) is 9.72. The number of likely N-dealkylation sites (N-methyl/N-ethyl adjacent to an activating group) is 1. The van der Waals surface area contributed by atoms with E-state index >= 15 is 0 Å². The van der Waals surface area contributed by atoms with Gasteiger partial charge in [0.05, 0.1) is 0 Å². The van der Waals surface area contributed by atoms with E-state index in [2.05, 4.69) is 55.4 Å². The van der Waals surface area contributed by atoms with Crippen molar-refractivity contribution in [1.29, 1.82) is 0 Å². The molecule has 1 fully saturated rings. The van der Waals surface area contributed by atoms with Gasteiger partial charge in [0, 0.05) is 17.6 Å². The average molecular weight is 276 g/mol. The van der Waals surface area contributed by atoms with Crippen LogP contribution in [-0.4, -0.2) is 37.7 Å². The molecule has 1 N–H and O–H groups in total. The number of nitrogens with one attached hydrogen (secondary N) is 1. The molecule has 0 amide bonds. The molecule has 2 atom stereocenters. The number of nitrogens with zero attached hydrogens (tertiary/aromatic N) is 1. The first-order valence-corrected chi connectivity index (χ1v) is 7.87. The van der Waals surface area contributed by atoms with Crippen molar-refractivity contribution < 1.29 is 4.74 Å². The van der Waals surface area contributed by atoms with E-state index in [1.165, 1.54) is 31.4 Å². The van der Waals surface area contributed by atoms with Gasteiger partial charge in [0.15, 0.2) is 0 Å². The second kappa shape index (κ2) is 7.65. The summed E-state index contributed by atoms with van der Waals surface area (Å²) in [6.45, 7) is 7.30. The third kappa shape index (κ3) is 3.97. The largest absolute Gasteiger partial charge is 0.492 e. The maximum atomic E-state index is 6.13. The van der Waals surface area contributed by atoms with Gasteiger partial charge in [-0.2, -0.15) is 0 Å². The van der Waals surface area contributed by atoms with Crippen molar-refractivity contribution >= 4 is 0 Å². The van der Waals surface area contributed by atoms with Gasteiger partial charge < -0.3 is 15.0 Å². The van der Waals surface area contributed by atoms with Crippen molar-refractivity contribution in [3.8, 4) is 5.75 Å². The molecule has 1 aliphatic heterocycles. The van der Waals surface area contributed by atoms with Gasteiger partial charge in [-0.1, -0.05) is 31.5 Å². The molecule has 0 bridgehead atoms. The van der Waals surface area contributed by atoms with E-state index in [1.54, 1.807) is 0 Å². The summed E-state index contributed by atoms with van der Waals surface area (Å²) in [7, 11) is 2.21. The number of para-hydroxylation sites is 1. The Bertz CT molecular complexity index is 408. The fourth-order valence-corrected chi connectivity index (χ4v) is 2.93. The van der Waals surface area contributed by atoms with Crippen LogP contribution in [0.5, 0.6) is 5.75 Å². The van der Waals surface area contributed by atoms with Crippen molar-refractivity contribution in [3.63, 3.8) is 0 Å².